The van der Waals surface area contributed by atoms with Crippen LogP contribution < -0.4 is 15.8 Å². The number of ether oxygens (including phenoxy) is 1. The van der Waals surface area contributed by atoms with E-state index >= 15 is 0 Å². The third-order valence-electron chi connectivity index (χ3n) is 5.00. The largest absolute Gasteiger partial charge is 0.495 e. The average molecular weight is 421 g/mol. The Bertz CT molecular complexity index is 1060. The van der Waals surface area contributed by atoms with E-state index in [9.17, 15) is 18.0 Å². The molecule has 0 saturated heterocycles. The number of pyridine rings is 2. The van der Waals surface area contributed by atoms with Gasteiger partial charge >= 0.3 is 6.18 Å². The molecule has 30 heavy (non-hydrogen) atoms. The molecule has 3 heterocycles. The zero-order valence-corrected chi connectivity index (χ0v) is 16.7. The summed E-state index contributed by atoms with van der Waals surface area (Å²) in [6, 6.07) is 3.46. The van der Waals surface area contributed by atoms with Crippen molar-refractivity contribution in [1.29, 1.82) is 0 Å². The van der Waals surface area contributed by atoms with Crippen LogP contribution in [-0.2, 0) is 10.3 Å². The molecule has 0 saturated carbocycles. The quantitative estimate of drug-likeness (QED) is 0.567. The second-order valence-electron chi connectivity index (χ2n) is 7.26. The van der Waals surface area contributed by atoms with E-state index in [1.54, 1.807) is 44.6 Å². The molecule has 0 spiro atoms. The number of fused-ring (bicyclic) bond motifs is 1. The van der Waals surface area contributed by atoms with Gasteiger partial charge in [-0.15, -0.1) is 0 Å². The Labute approximate surface area is 170 Å². The maximum absolute atomic E-state index is 12.7. The molecule has 160 valence electrons. The van der Waals surface area contributed by atoms with Gasteiger partial charge in [0.25, 0.3) is 0 Å². The minimum atomic E-state index is -4.54. The summed E-state index contributed by atoms with van der Waals surface area (Å²) >= 11 is 0. The van der Waals surface area contributed by atoms with Gasteiger partial charge in [0, 0.05) is 40.7 Å². The number of aromatic nitrogens is 3. The standard InChI is InChI=1S/C20H22F3N5O2/c1-11(2)20(24,18(29)28-10-19(21,22)23)13-4-12(6-25-7-13)16-9-27-17-15(16)5-14(30-3)8-26-17/h4-9,11H,10,24H2,1-3H3,(H,26,27)(H,28,29)/t20-/m0/s1. The SMILES string of the molecule is COc1cnc2[nH]cc(-c3cncc([C@](N)(C(=O)NCC(F)(F)F)C(C)C)c3)c2c1. The number of nitrogens with zero attached hydrogens (tertiary/aromatic N) is 2. The Morgan fingerprint density at radius 3 is 2.63 bits per heavy atom. The summed E-state index contributed by atoms with van der Waals surface area (Å²) in [6.45, 7) is 1.87. The lowest BCUT2D eigenvalue weighted by Gasteiger charge is -2.32. The molecule has 0 aliphatic rings. The summed E-state index contributed by atoms with van der Waals surface area (Å²) in [6.07, 6.45) is 1.75. The van der Waals surface area contributed by atoms with E-state index in [0.29, 0.717) is 22.5 Å². The molecule has 7 nitrogen and oxygen atoms in total. The topological polar surface area (TPSA) is 106 Å². The molecule has 3 aromatic rings. The number of hydrogen-bond acceptors (Lipinski definition) is 5. The van der Waals surface area contributed by atoms with E-state index in [2.05, 4.69) is 15.0 Å². The number of carbonyl (C=O) groups is 1. The highest BCUT2D eigenvalue weighted by Gasteiger charge is 2.41. The van der Waals surface area contributed by atoms with Crippen molar-refractivity contribution in [3.05, 3.63) is 42.5 Å². The molecule has 0 fully saturated rings. The van der Waals surface area contributed by atoms with Gasteiger partial charge in [-0.05, 0) is 18.1 Å². The second kappa shape index (κ2) is 7.94. The number of aromatic amines is 1. The Hall–Kier alpha value is -3.14. The van der Waals surface area contributed by atoms with Crippen LogP contribution in [-0.4, -0.2) is 40.7 Å². The molecule has 0 aliphatic heterocycles. The number of rotatable bonds is 6. The fourth-order valence-corrected chi connectivity index (χ4v) is 3.20. The summed E-state index contributed by atoms with van der Waals surface area (Å²) in [5.74, 6) is -0.849. The van der Waals surface area contributed by atoms with E-state index in [1.807, 2.05) is 5.32 Å². The van der Waals surface area contributed by atoms with Crippen LogP contribution in [0.5, 0.6) is 5.75 Å². The first-order chi connectivity index (χ1) is 14.1. The van der Waals surface area contributed by atoms with Gasteiger partial charge in [-0.1, -0.05) is 13.8 Å². The predicted molar refractivity (Wildman–Crippen MR) is 106 cm³/mol. The van der Waals surface area contributed by atoms with Gasteiger partial charge in [-0.25, -0.2) is 4.98 Å². The first-order valence-corrected chi connectivity index (χ1v) is 9.17. The van der Waals surface area contributed by atoms with Gasteiger partial charge in [-0.2, -0.15) is 13.2 Å². The highest BCUT2D eigenvalue weighted by atomic mass is 19.4. The number of amides is 1. The van der Waals surface area contributed by atoms with Crippen molar-refractivity contribution in [2.45, 2.75) is 25.6 Å². The smallest absolute Gasteiger partial charge is 0.405 e. The molecule has 0 aliphatic carbocycles. The number of H-pyrrole nitrogens is 1. The van der Waals surface area contributed by atoms with Gasteiger partial charge in [0.15, 0.2) is 0 Å². The number of halogens is 3. The fourth-order valence-electron chi connectivity index (χ4n) is 3.20. The summed E-state index contributed by atoms with van der Waals surface area (Å²) in [5, 5.41) is 2.66. The lowest BCUT2D eigenvalue weighted by Crippen LogP contribution is -2.56. The highest BCUT2D eigenvalue weighted by Crippen LogP contribution is 2.33. The van der Waals surface area contributed by atoms with Crippen LogP contribution in [0.4, 0.5) is 13.2 Å². The third kappa shape index (κ3) is 4.09. The van der Waals surface area contributed by atoms with E-state index in [4.69, 9.17) is 10.5 Å². The van der Waals surface area contributed by atoms with Gasteiger partial charge in [0.2, 0.25) is 5.91 Å². The van der Waals surface area contributed by atoms with E-state index < -0.39 is 30.1 Å². The second-order valence-corrected chi connectivity index (χ2v) is 7.26. The van der Waals surface area contributed by atoms with Gasteiger partial charge < -0.3 is 20.8 Å². The molecular formula is C20H22F3N5O2. The van der Waals surface area contributed by atoms with Crippen molar-refractivity contribution in [3.8, 4) is 16.9 Å². The van der Waals surface area contributed by atoms with Crippen molar-refractivity contribution in [1.82, 2.24) is 20.3 Å². The molecule has 3 aromatic heterocycles. The Kier molecular flexibility index (Phi) is 5.71. The lowest BCUT2D eigenvalue weighted by molar-refractivity contribution is -0.143. The summed E-state index contributed by atoms with van der Waals surface area (Å²) in [5.41, 5.74) is 6.97. The van der Waals surface area contributed by atoms with Crippen LogP contribution in [0.1, 0.15) is 19.4 Å². The number of methoxy groups -OCH3 is 1. The third-order valence-corrected chi connectivity index (χ3v) is 5.00. The van der Waals surface area contributed by atoms with Crippen molar-refractivity contribution < 1.29 is 22.7 Å². The Balaban J connectivity index is 2.03. The van der Waals surface area contributed by atoms with E-state index in [-0.39, 0.29) is 0 Å². The average Bonchev–Trinajstić information content (AvgIpc) is 3.13. The van der Waals surface area contributed by atoms with Crippen LogP contribution in [0.25, 0.3) is 22.2 Å². The number of nitrogens with two attached hydrogens (primary N) is 1. The van der Waals surface area contributed by atoms with Crippen LogP contribution in [0, 0.1) is 5.92 Å². The zero-order chi connectivity index (χ0) is 22.1. The molecule has 0 aromatic carbocycles. The van der Waals surface area contributed by atoms with Crippen molar-refractivity contribution in [2.24, 2.45) is 11.7 Å². The molecule has 0 unspecified atom stereocenters. The Morgan fingerprint density at radius 1 is 1.27 bits per heavy atom. The maximum Gasteiger partial charge on any atom is 0.405 e. The minimum absolute atomic E-state index is 0.305. The van der Waals surface area contributed by atoms with E-state index in [1.165, 1.54) is 13.3 Å². The zero-order valence-electron chi connectivity index (χ0n) is 16.7. The number of hydrogen-bond donors (Lipinski definition) is 3. The minimum Gasteiger partial charge on any atom is -0.495 e. The Morgan fingerprint density at radius 2 is 2.00 bits per heavy atom. The van der Waals surface area contributed by atoms with Crippen LogP contribution in [0.2, 0.25) is 0 Å². The van der Waals surface area contributed by atoms with Crippen molar-refractivity contribution in [3.63, 3.8) is 0 Å². The lowest BCUT2D eigenvalue weighted by atomic mass is 9.80. The van der Waals surface area contributed by atoms with Gasteiger partial charge in [0.1, 0.15) is 23.5 Å². The molecule has 1 atom stereocenters. The maximum atomic E-state index is 12.7. The fraction of sp³-hybridized carbons (Fsp3) is 0.350. The molecule has 0 radical (unpaired) electrons. The van der Waals surface area contributed by atoms with Crippen LogP contribution in [0.15, 0.2) is 36.9 Å². The van der Waals surface area contributed by atoms with Gasteiger partial charge in [-0.3, -0.25) is 9.78 Å². The number of carbonyl (C=O) groups excluding carboxylic acids is 1. The predicted octanol–water partition coefficient (Wildman–Crippen LogP) is 3.12. The van der Waals surface area contributed by atoms with Crippen LogP contribution in [0.3, 0.4) is 0 Å². The van der Waals surface area contributed by atoms with Crippen LogP contribution >= 0.6 is 0 Å². The molecule has 10 heteroatoms. The summed E-state index contributed by atoms with van der Waals surface area (Å²) < 4.78 is 43.0. The van der Waals surface area contributed by atoms with Crippen molar-refractivity contribution in [2.75, 3.05) is 13.7 Å². The molecule has 1 amide bonds. The molecule has 0 bridgehead atoms. The molecule has 3 rings (SSSR count). The first kappa shape index (κ1) is 21.6. The van der Waals surface area contributed by atoms with E-state index in [0.717, 1.165) is 10.9 Å². The highest BCUT2D eigenvalue weighted by molar-refractivity contribution is 5.95. The monoisotopic (exact) mass is 421 g/mol. The van der Waals surface area contributed by atoms with Crippen molar-refractivity contribution >= 4 is 16.9 Å². The number of nitrogens with one attached hydrogen (secondary N) is 2. The normalized spacial score (nSPS) is 14.0. The first-order valence-electron chi connectivity index (χ1n) is 9.17. The summed E-state index contributed by atoms with van der Waals surface area (Å²) in [7, 11) is 1.53. The molecule has 4 N–H and O–H groups in total. The summed E-state index contributed by atoms with van der Waals surface area (Å²) in [4.78, 5) is 24.2. The van der Waals surface area contributed by atoms with Gasteiger partial charge in [0.05, 0.1) is 13.3 Å². The number of alkyl halides is 3. The molecular weight excluding hydrogens is 399 g/mol.